The summed E-state index contributed by atoms with van der Waals surface area (Å²) in [5.41, 5.74) is 0. The van der Waals surface area contributed by atoms with Gasteiger partial charge >= 0.3 is 0 Å². The number of hydrogen-bond acceptors (Lipinski definition) is 7. The molecule has 0 unspecified atom stereocenters. The zero-order valence-electron chi connectivity index (χ0n) is 12.6. The van der Waals surface area contributed by atoms with E-state index in [9.17, 15) is 4.79 Å². The molecule has 1 amide bonds. The van der Waals surface area contributed by atoms with Gasteiger partial charge in [0, 0.05) is 26.7 Å². The van der Waals surface area contributed by atoms with Crippen molar-refractivity contribution in [2.75, 3.05) is 48.8 Å². The average molecular weight is 293 g/mol. The van der Waals surface area contributed by atoms with Gasteiger partial charge in [-0.2, -0.15) is 15.0 Å². The first-order chi connectivity index (χ1) is 10.2. The maximum Gasteiger partial charge on any atom is 0.239 e. The van der Waals surface area contributed by atoms with Gasteiger partial charge in [-0.25, -0.2) is 0 Å². The molecule has 1 saturated heterocycles. The number of nitrogens with one attached hydrogen (secondary N) is 3. The summed E-state index contributed by atoms with van der Waals surface area (Å²) in [6.45, 7) is 4.78. The van der Waals surface area contributed by atoms with Crippen molar-refractivity contribution in [2.45, 2.75) is 26.2 Å². The number of hydrogen-bond donors (Lipinski definition) is 3. The second kappa shape index (κ2) is 7.61. The first kappa shape index (κ1) is 15.3. The molecule has 0 radical (unpaired) electrons. The van der Waals surface area contributed by atoms with E-state index in [4.69, 9.17) is 0 Å². The van der Waals surface area contributed by atoms with E-state index < -0.39 is 0 Å². The predicted molar refractivity (Wildman–Crippen MR) is 82.6 cm³/mol. The molecule has 3 N–H and O–H groups in total. The Hall–Kier alpha value is -2.12. The highest BCUT2D eigenvalue weighted by Crippen LogP contribution is 2.18. The van der Waals surface area contributed by atoms with Crippen LogP contribution in [0.4, 0.5) is 17.8 Å². The molecule has 8 heteroatoms. The van der Waals surface area contributed by atoms with Gasteiger partial charge < -0.3 is 20.9 Å². The molecule has 21 heavy (non-hydrogen) atoms. The van der Waals surface area contributed by atoms with Crippen LogP contribution in [-0.2, 0) is 4.79 Å². The van der Waals surface area contributed by atoms with Crippen LogP contribution in [0.1, 0.15) is 26.2 Å². The Morgan fingerprint density at radius 1 is 1.19 bits per heavy atom. The van der Waals surface area contributed by atoms with Crippen molar-refractivity contribution in [1.29, 1.82) is 0 Å². The second-order valence-corrected chi connectivity index (χ2v) is 4.93. The van der Waals surface area contributed by atoms with Gasteiger partial charge in [0.2, 0.25) is 23.8 Å². The molecule has 1 fully saturated rings. The number of carbonyl (C=O) groups is 1. The summed E-state index contributed by atoms with van der Waals surface area (Å²) in [4.78, 5) is 26.7. The minimum Gasteiger partial charge on any atom is -0.357 e. The molecule has 1 aliphatic rings. The topological polar surface area (TPSA) is 95.1 Å². The van der Waals surface area contributed by atoms with Crippen LogP contribution in [0, 0.1) is 0 Å². The van der Waals surface area contributed by atoms with Gasteiger partial charge in [-0.05, 0) is 19.3 Å². The van der Waals surface area contributed by atoms with Gasteiger partial charge in [0.25, 0.3) is 0 Å². The van der Waals surface area contributed by atoms with E-state index in [2.05, 4.69) is 35.8 Å². The van der Waals surface area contributed by atoms with E-state index in [1.54, 1.807) is 7.05 Å². The standard InChI is InChI=1S/C13H23N7O/c1-3-6-15-10(21)9-16-12-17-11(14-2)18-13(19-12)20-7-4-5-8-20/h3-9H2,1-2H3,(H,15,21)(H2,14,16,17,18,19). The van der Waals surface area contributed by atoms with Gasteiger partial charge in [-0.3, -0.25) is 4.79 Å². The number of amides is 1. The van der Waals surface area contributed by atoms with Crippen molar-refractivity contribution in [3.05, 3.63) is 0 Å². The molecule has 0 bridgehead atoms. The molecule has 0 aromatic carbocycles. The van der Waals surface area contributed by atoms with Crippen LogP contribution in [0.15, 0.2) is 0 Å². The Labute approximate surface area is 124 Å². The first-order valence-corrected chi connectivity index (χ1v) is 7.42. The van der Waals surface area contributed by atoms with Gasteiger partial charge in [-0.1, -0.05) is 6.92 Å². The highest BCUT2D eigenvalue weighted by Gasteiger charge is 2.17. The van der Waals surface area contributed by atoms with E-state index in [0.29, 0.717) is 24.4 Å². The zero-order valence-corrected chi connectivity index (χ0v) is 12.6. The minimum atomic E-state index is -0.0639. The molecule has 8 nitrogen and oxygen atoms in total. The smallest absolute Gasteiger partial charge is 0.239 e. The monoisotopic (exact) mass is 293 g/mol. The average Bonchev–Trinajstić information content (AvgIpc) is 3.05. The molecule has 0 saturated carbocycles. The van der Waals surface area contributed by atoms with E-state index in [1.165, 1.54) is 0 Å². The van der Waals surface area contributed by atoms with Crippen LogP contribution in [0.3, 0.4) is 0 Å². The van der Waals surface area contributed by atoms with Crippen LogP contribution >= 0.6 is 0 Å². The predicted octanol–water partition coefficient (Wildman–Crippen LogP) is 0.452. The Balaban J connectivity index is 2.00. The highest BCUT2D eigenvalue weighted by molar-refractivity contribution is 5.80. The van der Waals surface area contributed by atoms with Gasteiger partial charge in [0.1, 0.15) is 0 Å². The molecule has 0 aliphatic carbocycles. The van der Waals surface area contributed by atoms with E-state index in [1.807, 2.05) is 6.92 Å². The number of anilines is 3. The quantitative estimate of drug-likeness (QED) is 0.672. The zero-order chi connectivity index (χ0) is 15.1. The molecule has 116 valence electrons. The Bertz CT molecular complexity index is 474. The molecular weight excluding hydrogens is 270 g/mol. The van der Waals surface area contributed by atoms with Crippen LogP contribution in [0.2, 0.25) is 0 Å². The van der Waals surface area contributed by atoms with Crippen LogP contribution in [0.25, 0.3) is 0 Å². The summed E-state index contributed by atoms with van der Waals surface area (Å²) in [6.07, 6.45) is 3.23. The Morgan fingerprint density at radius 2 is 1.90 bits per heavy atom. The molecule has 2 rings (SSSR count). The summed E-state index contributed by atoms with van der Waals surface area (Å²) in [6, 6.07) is 0. The summed E-state index contributed by atoms with van der Waals surface area (Å²) >= 11 is 0. The van der Waals surface area contributed by atoms with Crippen LogP contribution in [0.5, 0.6) is 0 Å². The molecular formula is C13H23N7O. The molecule has 0 spiro atoms. The summed E-state index contributed by atoms with van der Waals surface area (Å²) in [5.74, 6) is 1.51. The van der Waals surface area contributed by atoms with E-state index in [-0.39, 0.29) is 12.5 Å². The van der Waals surface area contributed by atoms with Crippen molar-refractivity contribution in [3.8, 4) is 0 Å². The lowest BCUT2D eigenvalue weighted by Gasteiger charge is -2.16. The molecule has 1 aromatic rings. The van der Waals surface area contributed by atoms with Crippen LogP contribution in [-0.4, -0.2) is 54.1 Å². The van der Waals surface area contributed by atoms with Crippen molar-refractivity contribution in [3.63, 3.8) is 0 Å². The van der Waals surface area contributed by atoms with Crippen molar-refractivity contribution in [2.24, 2.45) is 0 Å². The second-order valence-electron chi connectivity index (χ2n) is 4.93. The van der Waals surface area contributed by atoms with E-state index in [0.717, 1.165) is 32.4 Å². The highest BCUT2D eigenvalue weighted by atomic mass is 16.1. The number of aromatic nitrogens is 3. The van der Waals surface area contributed by atoms with Crippen molar-refractivity contribution in [1.82, 2.24) is 20.3 Å². The largest absolute Gasteiger partial charge is 0.357 e. The van der Waals surface area contributed by atoms with Gasteiger partial charge in [0.05, 0.1) is 6.54 Å². The molecule has 2 heterocycles. The lowest BCUT2D eigenvalue weighted by molar-refractivity contribution is -0.119. The lowest BCUT2D eigenvalue weighted by atomic mass is 10.4. The fraction of sp³-hybridized carbons (Fsp3) is 0.692. The fourth-order valence-electron chi connectivity index (χ4n) is 2.10. The number of rotatable bonds is 7. The third-order valence-electron chi connectivity index (χ3n) is 3.22. The maximum atomic E-state index is 11.6. The van der Waals surface area contributed by atoms with Crippen LogP contribution < -0.4 is 20.9 Å². The third kappa shape index (κ3) is 4.44. The first-order valence-electron chi connectivity index (χ1n) is 7.42. The molecule has 0 atom stereocenters. The number of carbonyl (C=O) groups excluding carboxylic acids is 1. The maximum absolute atomic E-state index is 11.6. The normalized spacial score (nSPS) is 14.1. The summed E-state index contributed by atoms with van der Waals surface area (Å²) < 4.78 is 0. The summed E-state index contributed by atoms with van der Waals surface area (Å²) in [5, 5.41) is 8.68. The third-order valence-corrected chi connectivity index (χ3v) is 3.22. The number of nitrogens with zero attached hydrogens (tertiary/aromatic N) is 4. The lowest BCUT2D eigenvalue weighted by Crippen LogP contribution is -2.31. The summed E-state index contributed by atoms with van der Waals surface area (Å²) in [7, 11) is 1.76. The van der Waals surface area contributed by atoms with Crippen molar-refractivity contribution < 1.29 is 4.79 Å². The SMILES string of the molecule is CCCNC(=O)CNc1nc(NC)nc(N2CCCC2)n1. The molecule has 1 aliphatic heterocycles. The fourth-order valence-corrected chi connectivity index (χ4v) is 2.10. The Morgan fingerprint density at radius 3 is 2.57 bits per heavy atom. The Kier molecular flexibility index (Phi) is 5.53. The van der Waals surface area contributed by atoms with Gasteiger partial charge in [0.15, 0.2) is 0 Å². The van der Waals surface area contributed by atoms with E-state index >= 15 is 0 Å². The molecule has 1 aromatic heterocycles. The van der Waals surface area contributed by atoms with Crippen molar-refractivity contribution >= 4 is 23.8 Å². The van der Waals surface area contributed by atoms with Gasteiger partial charge in [-0.15, -0.1) is 0 Å². The minimum absolute atomic E-state index is 0.0639.